The van der Waals surface area contributed by atoms with E-state index in [1.54, 1.807) is 0 Å². The van der Waals surface area contributed by atoms with E-state index in [4.69, 9.17) is 4.74 Å². The van der Waals surface area contributed by atoms with E-state index in [0.29, 0.717) is 12.5 Å². The van der Waals surface area contributed by atoms with Gasteiger partial charge in [0.1, 0.15) is 18.5 Å². The molecular formula is C20H27N3O2. The minimum Gasteiger partial charge on any atom is -0.492 e. The normalized spacial score (nSPS) is 18.8. The molecule has 2 aliphatic rings. The number of rotatable bonds is 6. The molecule has 0 bridgehead atoms. The van der Waals surface area contributed by atoms with Gasteiger partial charge in [-0.05, 0) is 50.3 Å². The Morgan fingerprint density at radius 3 is 2.84 bits per heavy atom. The molecular weight excluding hydrogens is 314 g/mol. The van der Waals surface area contributed by atoms with Crippen molar-refractivity contribution in [3.63, 3.8) is 0 Å². The summed E-state index contributed by atoms with van der Waals surface area (Å²) < 4.78 is 8.02. The molecule has 4 rings (SSSR count). The standard InChI is InChI=1S/C20H27N3O2/c1-14-3-6-19(15(2)11-14)25-10-9-22-7-8-23-17(13-22)12-18(21-23)20(24)16-4-5-16/h3,6,11-12,16,20,24H,4-5,7-10,13H2,1-2H3. The molecule has 1 N–H and O–H groups in total. The third-order valence-electron chi connectivity index (χ3n) is 5.26. The Labute approximate surface area is 149 Å². The van der Waals surface area contributed by atoms with Crippen molar-refractivity contribution in [1.82, 2.24) is 14.7 Å². The summed E-state index contributed by atoms with van der Waals surface area (Å²) in [5.74, 6) is 1.40. The molecule has 0 amide bonds. The lowest BCUT2D eigenvalue weighted by molar-refractivity contribution is 0.147. The van der Waals surface area contributed by atoms with Gasteiger partial charge in [0, 0.05) is 19.6 Å². The number of hydrogen-bond donors (Lipinski definition) is 1. The third-order valence-corrected chi connectivity index (χ3v) is 5.26. The first-order valence-electron chi connectivity index (χ1n) is 9.27. The van der Waals surface area contributed by atoms with Gasteiger partial charge in [-0.1, -0.05) is 17.7 Å². The van der Waals surface area contributed by atoms with Gasteiger partial charge < -0.3 is 9.84 Å². The monoisotopic (exact) mass is 341 g/mol. The molecule has 1 fully saturated rings. The second-order valence-electron chi connectivity index (χ2n) is 7.46. The maximum absolute atomic E-state index is 10.3. The molecule has 1 atom stereocenters. The molecule has 2 heterocycles. The Hall–Kier alpha value is -1.85. The van der Waals surface area contributed by atoms with Crippen LogP contribution in [0.4, 0.5) is 0 Å². The van der Waals surface area contributed by atoms with Gasteiger partial charge in [-0.25, -0.2) is 0 Å². The van der Waals surface area contributed by atoms with Crippen LogP contribution in [0.1, 0.15) is 41.5 Å². The number of aromatic nitrogens is 2. The van der Waals surface area contributed by atoms with Gasteiger partial charge in [0.15, 0.2) is 0 Å². The van der Waals surface area contributed by atoms with E-state index in [-0.39, 0.29) is 6.10 Å². The molecule has 1 aliphatic heterocycles. The summed E-state index contributed by atoms with van der Waals surface area (Å²) in [5, 5.41) is 14.9. The summed E-state index contributed by atoms with van der Waals surface area (Å²) in [5.41, 5.74) is 4.51. The van der Waals surface area contributed by atoms with Crippen LogP contribution in [0.25, 0.3) is 0 Å². The Morgan fingerprint density at radius 2 is 2.08 bits per heavy atom. The SMILES string of the molecule is Cc1ccc(OCCN2CCn3nc(C(O)C4CC4)cc3C2)c(C)c1. The van der Waals surface area contributed by atoms with Crippen molar-refractivity contribution in [3.8, 4) is 5.75 Å². The Balaban J connectivity index is 1.31. The molecule has 0 spiro atoms. The van der Waals surface area contributed by atoms with Crippen molar-refractivity contribution in [1.29, 1.82) is 0 Å². The van der Waals surface area contributed by atoms with Crippen LogP contribution in [-0.4, -0.2) is 39.5 Å². The highest BCUT2D eigenvalue weighted by Crippen LogP contribution is 2.40. The average molecular weight is 341 g/mol. The van der Waals surface area contributed by atoms with Crippen LogP contribution in [0.5, 0.6) is 5.75 Å². The van der Waals surface area contributed by atoms with Crippen molar-refractivity contribution in [2.75, 3.05) is 19.7 Å². The zero-order valence-electron chi connectivity index (χ0n) is 15.1. The number of nitrogens with zero attached hydrogens (tertiary/aromatic N) is 3. The number of aliphatic hydroxyl groups excluding tert-OH is 1. The van der Waals surface area contributed by atoms with E-state index in [9.17, 15) is 5.11 Å². The van der Waals surface area contributed by atoms with E-state index in [2.05, 4.69) is 52.8 Å². The lowest BCUT2D eigenvalue weighted by Gasteiger charge is -2.27. The van der Waals surface area contributed by atoms with Crippen LogP contribution in [0.15, 0.2) is 24.3 Å². The number of aryl methyl sites for hydroxylation is 2. The molecule has 1 saturated carbocycles. The average Bonchev–Trinajstić information content (AvgIpc) is 3.35. The minimum atomic E-state index is -0.376. The first kappa shape index (κ1) is 16.6. The Kier molecular flexibility index (Phi) is 4.52. The van der Waals surface area contributed by atoms with E-state index in [1.807, 2.05) is 0 Å². The first-order valence-corrected chi connectivity index (χ1v) is 9.27. The zero-order chi connectivity index (χ0) is 17.4. The minimum absolute atomic E-state index is 0.376. The molecule has 25 heavy (non-hydrogen) atoms. The van der Waals surface area contributed by atoms with E-state index in [1.165, 1.54) is 16.8 Å². The molecule has 5 nitrogen and oxygen atoms in total. The van der Waals surface area contributed by atoms with Crippen LogP contribution in [0, 0.1) is 19.8 Å². The van der Waals surface area contributed by atoms with Gasteiger partial charge in [0.25, 0.3) is 0 Å². The molecule has 1 aromatic heterocycles. The maximum atomic E-state index is 10.3. The largest absolute Gasteiger partial charge is 0.492 e. The van der Waals surface area contributed by atoms with E-state index >= 15 is 0 Å². The lowest BCUT2D eigenvalue weighted by atomic mass is 10.1. The topological polar surface area (TPSA) is 50.5 Å². The van der Waals surface area contributed by atoms with Gasteiger partial charge in [0.05, 0.1) is 17.9 Å². The molecule has 2 aromatic rings. The Bertz CT molecular complexity index is 751. The van der Waals surface area contributed by atoms with Crippen LogP contribution in [0.3, 0.4) is 0 Å². The van der Waals surface area contributed by atoms with Crippen LogP contribution in [0.2, 0.25) is 0 Å². The van der Waals surface area contributed by atoms with E-state index < -0.39 is 0 Å². The fourth-order valence-corrected chi connectivity index (χ4v) is 3.58. The second kappa shape index (κ2) is 6.81. The summed E-state index contributed by atoms with van der Waals surface area (Å²) in [6.45, 7) is 8.52. The van der Waals surface area contributed by atoms with Crippen molar-refractivity contribution in [2.24, 2.45) is 5.92 Å². The third kappa shape index (κ3) is 3.72. The summed E-state index contributed by atoms with van der Waals surface area (Å²) in [4.78, 5) is 2.40. The molecule has 1 aromatic carbocycles. The Morgan fingerprint density at radius 1 is 1.24 bits per heavy atom. The van der Waals surface area contributed by atoms with Gasteiger partial charge in [0.2, 0.25) is 0 Å². The lowest BCUT2D eigenvalue weighted by Crippen LogP contribution is -2.36. The van der Waals surface area contributed by atoms with Gasteiger partial charge in [-0.15, -0.1) is 0 Å². The molecule has 5 heteroatoms. The molecule has 0 saturated heterocycles. The van der Waals surface area contributed by atoms with Crippen molar-refractivity contribution < 1.29 is 9.84 Å². The molecule has 1 aliphatic carbocycles. The van der Waals surface area contributed by atoms with E-state index in [0.717, 1.165) is 50.5 Å². The van der Waals surface area contributed by atoms with Crippen LogP contribution in [-0.2, 0) is 13.1 Å². The van der Waals surface area contributed by atoms with Crippen molar-refractivity contribution in [3.05, 3.63) is 46.8 Å². The highest BCUT2D eigenvalue weighted by molar-refractivity contribution is 5.35. The first-order chi connectivity index (χ1) is 12.1. The number of fused-ring (bicyclic) bond motifs is 1. The van der Waals surface area contributed by atoms with Crippen LogP contribution < -0.4 is 4.74 Å². The number of hydrogen-bond acceptors (Lipinski definition) is 4. The summed E-state index contributed by atoms with van der Waals surface area (Å²) >= 11 is 0. The second-order valence-corrected chi connectivity index (χ2v) is 7.46. The fraction of sp³-hybridized carbons (Fsp3) is 0.550. The van der Waals surface area contributed by atoms with Gasteiger partial charge in [-0.3, -0.25) is 9.58 Å². The molecule has 0 radical (unpaired) electrons. The van der Waals surface area contributed by atoms with Crippen molar-refractivity contribution in [2.45, 2.75) is 45.9 Å². The number of ether oxygens (including phenoxy) is 1. The fourth-order valence-electron chi connectivity index (χ4n) is 3.58. The quantitative estimate of drug-likeness (QED) is 0.878. The smallest absolute Gasteiger partial charge is 0.122 e. The highest BCUT2D eigenvalue weighted by Gasteiger charge is 2.33. The van der Waals surface area contributed by atoms with Gasteiger partial charge in [-0.2, -0.15) is 5.10 Å². The number of aliphatic hydroxyl groups is 1. The molecule has 1 unspecified atom stereocenters. The predicted molar refractivity (Wildman–Crippen MR) is 96.6 cm³/mol. The maximum Gasteiger partial charge on any atom is 0.122 e. The summed E-state index contributed by atoms with van der Waals surface area (Å²) in [7, 11) is 0. The predicted octanol–water partition coefficient (Wildman–Crippen LogP) is 2.84. The summed E-state index contributed by atoms with van der Waals surface area (Å²) in [6, 6.07) is 8.39. The zero-order valence-corrected chi connectivity index (χ0v) is 15.1. The van der Waals surface area contributed by atoms with Crippen molar-refractivity contribution >= 4 is 0 Å². The highest BCUT2D eigenvalue weighted by atomic mass is 16.5. The summed E-state index contributed by atoms with van der Waals surface area (Å²) in [6.07, 6.45) is 1.88. The van der Waals surface area contributed by atoms with Crippen LogP contribution >= 0.6 is 0 Å². The number of benzene rings is 1. The van der Waals surface area contributed by atoms with Gasteiger partial charge >= 0.3 is 0 Å². The molecule has 134 valence electrons.